The molecule has 0 fully saturated rings. The number of hydrogen-bond donors (Lipinski definition) is 1. The van der Waals surface area contributed by atoms with E-state index in [0.29, 0.717) is 23.5 Å². The van der Waals surface area contributed by atoms with E-state index in [0.717, 1.165) is 18.4 Å². The van der Waals surface area contributed by atoms with Crippen molar-refractivity contribution in [2.75, 3.05) is 6.61 Å². The van der Waals surface area contributed by atoms with Crippen molar-refractivity contribution >= 4 is 11.6 Å². The van der Waals surface area contributed by atoms with Crippen LogP contribution in [0.3, 0.4) is 0 Å². The second kappa shape index (κ2) is 5.68. The molecule has 1 aromatic carbocycles. The van der Waals surface area contributed by atoms with E-state index in [1.54, 1.807) is 0 Å². The Morgan fingerprint density at radius 1 is 1.41 bits per heavy atom. The molecule has 0 amide bonds. The van der Waals surface area contributed by atoms with E-state index in [1.807, 2.05) is 24.3 Å². The number of nitrogens with zero attached hydrogens (tertiary/aromatic N) is 2. The molecule has 1 heterocycles. The number of aromatic amines is 1. The van der Waals surface area contributed by atoms with Gasteiger partial charge in [0.15, 0.2) is 5.82 Å². The molecule has 0 aliphatic carbocycles. The van der Waals surface area contributed by atoms with Crippen molar-refractivity contribution in [3.8, 4) is 17.4 Å². The van der Waals surface area contributed by atoms with Crippen LogP contribution in [0.4, 0.5) is 0 Å². The first-order valence-corrected chi connectivity index (χ1v) is 5.98. The minimum Gasteiger partial charge on any atom is -0.462 e. The van der Waals surface area contributed by atoms with Gasteiger partial charge in [-0.3, -0.25) is 5.10 Å². The lowest BCUT2D eigenvalue weighted by molar-refractivity contribution is 0.286. The molecule has 0 saturated heterocycles. The molecule has 0 aliphatic rings. The third kappa shape index (κ3) is 3.20. The first-order valence-electron chi connectivity index (χ1n) is 5.60. The van der Waals surface area contributed by atoms with Crippen molar-refractivity contribution < 1.29 is 4.74 Å². The minimum atomic E-state index is 0.383. The van der Waals surface area contributed by atoms with Gasteiger partial charge in [0, 0.05) is 10.6 Å². The molecule has 0 atom stereocenters. The van der Waals surface area contributed by atoms with Gasteiger partial charge in [-0.25, -0.2) is 0 Å². The van der Waals surface area contributed by atoms with Gasteiger partial charge in [-0.05, 0) is 18.6 Å². The van der Waals surface area contributed by atoms with Crippen LogP contribution >= 0.6 is 11.6 Å². The highest BCUT2D eigenvalue weighted by atomic mass is 35.5. The van der Waals surface area contributed by atoms with Gasteiger partial charge in [-0.2, -0.15) is 4.98 Å². The average Bonchev–Trinajstić information content (AvgIpc) is 2.78. The smallest absolute Gasteiger partial charge is 0.335 e. The number of H-pyrrole nitrogens is 1. The van der Waals surface area contributed by atoms with Crippen LogP contribution < -0.4 is 4.74 Å². The molecular formula is C12H14ClN3O. The Morgan fingerprint density at radius 2 is 2.29 bits per heavy atom. The lowest BCUT2D eigenvalue weighted by atomic mass is 10.2. The summed E-state index contributed by atoms with van der Waals surface area (Å²) < 4.78 is 5.39. The molecule has 1 aromatic heterocycles. The maximum absolute atomic E-state index is 5.91. The van der Waals surface area contributed by atoms with Gasteiger partial charge in [0.1, 0.15) is 0 Å². The maximum atomic E-state index is 5.91. The number of hydrogen-bond acceptors (Lipinski definition) is 3. The van der Waals surface area contributed by atoms with E-state index in [1.165, 1.54) is 0 Å². The Balaban J connectivity index is 2.07. The van der Waals surface area contributed by atoms with E-state index in [2.05, 4.69) is 22.1 Å². The molecule has 0 aliphatic heterocycles. The van der Waals surface area contributed by atoms with Gasteiger partial charge in [-0.1, -0.05) is 37.1 Å². The summed E-state index contributed by atoms with van der Waals surface area (Å²) in [6.07, 6.45) is 2.09. The monoisotopic (exact) mass is 251 g/mol. The van der Waals surface area contributed by atoms with Crippen LogP contribution in [0.25, 0.3) is 11.4 Å². The lowest BCUT2D eigenvalue weighted by Gasteiger charge is -1.98. The van der Waals surface area contributed by atoms with Crippen molar-refractivity contribution in [2.24, 2.45) is 0 Å². The highest BCUT2D eigenvalue weighted by Crippen LogP contribution is 2.20. The van der Waals surface area contributed by atoms with Gasteiger partial charge in [0.2, 0.25) is 0 Å². The molecule has 2 rings (SSSR count). The summed E-state index contributed by atoms with van der Waals surface area (Å²) in [5.41, 5.74) is 0.898. The molecule has 17 heavy (non-hydrogen) atoms. The van der Waals surface area contributed by atoms with Gasteiger partial charge in [-0.15, -0.1) is 5.10 Å². The number of ether oxygens (including phenoxy) is 1. The summed E-state index contributed by atoms with van der Waals surface area (Å²) in [6, 6.07) is 7.83. The van der Waals surface area contributed by atoms with Crippen LogP contribution in [0.2, 0.25) is 5.02 Å². The van der Waals surface area contributed by atoms with E-state index >= 15 is 0 Å². The molecule has 90 valence electrons. The van der Waals surface area contributed by atoms with E-state index < -0.39 is 0 Å². The molecular weight excluding hydrogens is 238 g/mol. The zero-order chi connectivity index (χ0) is 12.1. The van der Waals surface area contributed by atoms with Crippen molar-refractivity contribution in [3.63, 3.8) is 0 Å². The lowest BCUT2D eigenvalue weighted by Crippen LogP contribution is -1.97. The largest absolute Gasteiger partial charge is 0.462 e. The fourth-order valence-electron chi connectivity index (χ4n) is 1.38. The SMILES string of the molecule is CCCCOc1n[nH]c(-c2cccc(Cl)c2)n1. The molecule has 1 N–H and O–H groups in total. The quantitative estimate of drug-likeness (QED) is 0.830. The first kappa shape index (κ1) is 11.9. The fraction of sp³-hybridized carbons (Fsp3) is 0.333. The predicted octanol–water partition coefficient (Wildman–Crippen LogP) is 3.30. The molecule has 0 unspecified atom stereocenters. The second-order valence-electron chi connectivity index (χ2n) is 3.68. The van der Waals surface area contributed by atoms with Crippen LogP contribution in [-0.4, -0.2) is 21.8 Å². The Morgan fingerprint density at radius 3 is 3.06 bits per heavy atom. The number of unbranched alkanes of at least 4 members (excludes halogenated alkanes) is 1. The van der Waals surface area contributed by atoms with Crippen LogP contribution in [-0.2, 0) is 0 Å². The third-order valence-electron chi connectivity index (χ3n) is 2.29. The third-order valence-corrected chi connectivity index (χ3v) is 2.53. The van der Waals surface area contributed by atoms with E-state index in [4.69, 9.17) is 16.3 Å². The number of halogens is 1. The van der Waals surface area contributed by atoms with Crippen molar-refractivity contribution in [2.45, 2.75) is 19.8 Å². The Kier molecular flexibility index (Phi) is 3.98. The molecule has 0 radical (unpaired) electrons. The Labute approximate surface area is 105 Å². The molecule has 4 nitrogen and oxygen atoms in total. The van der Waals surface area contributed by atoms with Gasteiger partial charge < -0.3 is 4.74 Å². The number of aromatic nitrogens is 3. The predicted molar refractivity (Wildman–Crippen MR) is 67.2 cm³/mol. The number of nitrogens with one attached hydrogen (secondary N) is 1. The van der Waals surface area contributed by atoms with Crippen LogP contribution in [0, 0.1) is 0 Å². The first-order chi connectivity index (χ1) is 8.29. The molecule has 0 saturated carbocycles. The topological polar surface area (TPSA) is 50.8 Å². The van der Waals surface area contributed by atoms with Gasteiger partial charge in [0.25, 0.3) is 0 Å². The summed E-state index contributed by atoms with van der Waals surface area (Å²) in [5, 5.41) is 7.50. The van der Waals surface area contributed by atoms with Crippen molar-refractivity contribution in [1.29, 1.82) is 0 Å². The van der Waals surface area contributed by atoms with Crippen LogP contribution in [0.15, 0.2) is 24.3 Å². The standard InChI is InChI=1S/C12H14ClN3O/c1-2-3-7-17-12-14-11(15-16-12)9-5-4-6-10(13)8-9/h4-6,8H,2-3,7H2,1H3,(H,14,15,16). The molecule has 0 bridgehead atoms. The zero-order valence-corrected chi connectivity index (χ0v) is 10.4. The minimum absolute atomic E-state index is 0.383. The van der Waals surface area contributed by atoms with Crippen molar-refractivity contribution in [1.82, 2.24) is 15.2 Å². The highest BCUT2D eigenvalue weighted by Gasteiger charge is 2.06. The number of benzene rings is 1. The summed E-state index contributed by atoms with van der Waals surface area (Å²) >= 11 is 5.91. The summed E-state index contributed by atoms with van der Waals surface area (Å²) in [7, 11) is 0. The summed E-state index contributed by atoms with van der Waals surface area (Å²) in [5.74, 6) is 0.666. The van der Waals surface area contributed by atoms with Gasteiger partial charge >= 0.3 is 6.01 Å². The second-order valence-corrected chi connectivity index (χ2v) is 4.12. The fourth-order valence-corrected chi connectivity index (χ4v) is 1.57. The summed E-state index contributed by atoms with van der Waals surface area (Å²) in [6.45, 7) is 2.75. The van der Waals surface area contributed by atoms with Crippen molar-refractivity contribution in [3.05, 3.63) is 29.3 Å². The van der Waals surface area contributed by atoms with Gasteiger partial charge in [0.05, 0.1) is 6.61 Å². The highest BCUT2D eigenvalue weighted by molar-refractivity contribution is 6.30. The van der Waals surface area contributed by atoms with Crippen LogP contribution in [0.5, 0.6) is 6.01 Å². The molecule has 2 aromatic rings. The Hall–Kier alpha value is -1.55. The summed E-state index contributed by atoms with van der Waals surface area (Å²) in [4.78, 5) is 4.25. The van der Waals surface area contributed by atoms with E-state index in [-0.39, 0.29) is 0 Å². The maximum Gasteiger partial charge on any atom is 0.335 e. The molecule has 5 heteroatoms. The Bertz CT molecular complexity index is 484. The number of rotatable bonds is 5. The average molecular weight is 252 g/mol. The van der Waals surface area contributed by atoms with E-state index in [9.17, 15) is 0 Å². The van der Waals surface area contributed by atoms with Crippen LogP contribution in [0.1, 0.15) is 19.8 Å². The zero-order valence-electron chi connectivity index (χ0n) is 9.61. The molecule has 0 spiro atoms. The normalized spacial score (nSPS) is 10.5.